The fourth-order valence-corrected chi connectivity index (χ4v) is 2.03. The van der Waals surface area contributed by atoms with E-state index < -0.39 is 0 Å². The third-order valence-electron chi connectivity index (χ3n) is 2.78. The van der Waals surface area contributed by atoms with Gasteiger partial charge in [-0.3, -0.25) is 0 Å². The van der Waals surface area contributed by atoms with Gasteiger partial charge in [-0.1, -0.05) is 29.3 Å². The second-order valence-corrected chi connectivity index (χ2v) is 4.89. The Morgan fingerprint density at radius 1 is 1.10 bits per heavy atom. The van der Waals surface area contributed by atoms with Gasteiger partial charge in [-0.15, -0.1) is 0 Å². The van der Waals surface area contributed by atoms with Gasteiger partial charge in [0.2, 0.25) is 0 Å². The second-order valence-electron chi connectivity index (χ2n) is 4.07. The van der Waals surface area contributed by atoms with Gasteiger partial charge in [-0.2, -0.15) is 5.26 Å². The van der Waals surface area contributed by atoms with Gasteiger partial charge in [0.25, 0.3) is 0 Å². The maximum absolute atomic E-state index is 9.28. The maximum atomic E-state index is 9.28. The highest BCUT2D eigenvalue weighted by Gasteiger charge is 2.03. The van der Waals surface area contributed by atoms with Crippen molar-refractivity contribution >= 4 is 34.9 Å². The third-order valence-corrected chi connectivity index (χ3v) is 3.52. The molecule has 0 aliphatic carbocycles. The Kier molecular flexibility index (Phi) is 4.68. The number of methoxy groups -OCH3 is 1. The summed E-state index contributed by atoms with van der Waals surface area (Å²) < 4.78 is 5.10. The highest BCUT2D eigenvalue weighted by molar-refractivity contribution is 6.42. The molecule has 0 bridgehead atoms. The largest absolute Gasteiger partial charge is 0.497 e. The predicted molar refractivity (Wildman–Crippen MR) is 82.9 cm³/mol. The first-order valence-electron chi connectivity index (χ1n) is 5.85. The zero-order valence-electron chi connectivity index (χ0n) is 10.7. The molecular weight excluding hydrogens is 293 g/mol. The number of benzene rings is 2. The lowest BCUT2D eigenvalue weighted by atomic mass is 10.0. The molecule has 2 rings (SSSR count). The molecule has 0 radical (unpaired) electrons. The molecule has 0 fully saturated rings. The van der Waals surface area contributed by atoms with Gasteiger partial charge in [-0.05, 0) is 53.6 Å². The van der Waals surface area contributed by atoms with Crippen LogP contribution in [0.4, 0.5) is 0 Å². The van der Waals surface area contributed by atoms with Crippen LogP contribution >= 0.6 is 23.2 Å². The van der Waals surface area contributed by atoms with E-state index in [0.717, 1.165) is 16.9 Å². The van der Waals surface area contributed by atoms with E-state index in [-0.39, 0.29) is 0 Å². The van der Waals surface area contributed by atoms with Crippen molar-refractivity contribution in [3.8, 4) is 11.8 Å². The highest BCUT2D eigenvalue weighted by atomic mass is 35.5. The van der Waals surface area contributed by atoms with E-state index in [1.807, 2.05) is 30.3 Å². The number of hydrogen-bond donors (Lipinski definition) is 0. The number of hydrogen-bond acceptors (Lipinski definition) is 2. The Morgan fingerprint density at radius 2 is 1.80 bits per heavy atom. The average Bonchev–Trinajstić information content (AvgIpc) is 2.48. The van der Waals surface area contributed by atoms with Crippen LogP contribution in [0.5, 0.6) is 5.75 Å². The number of nitriles is 1. The van der Waals surface area contributed by atoms with Crippen LogP contribution < -0.4 is 4.74 Å². The van der Waals surface area contributed by atoms with E-state index in [4.69, 9.17) is 27.9 Å². The number of ether oxygens (including phenoxy) is 1. The van der Waals surface area contributed by atoms with E-state index in [9.17, 15) is 5.26 Å². The normalized spacial score (nSPS) is 11.0. The summed E-state index contributed by atoms with van der Waals surface area (Å²) in [6.45, 7) is 0. The van der Waals surface area contributed by atoms with Gasteiger partial charge >= 0.3 is 0 Å². The number of halogens is 2. The summed E-state index contributed by atoms with van der Waals surface area (Å²) >= 11 is 11.8. The molecule has 2 nitrogen and oxygen atoms in total. The van der Waals surface area contributed by atoms with E-state index in [0.29, 0.717) is 15.6 Å². The summed E-state index contributed by atoms with van der Waals surface area (Å²) in [6, 6.07) is 14.7. The zero-order chi connectivity index (χ0) is 14.5. The lowest BCUT2D eigenvalue weighted by Gasteiger charge is -2.03. The minimum absolute atomic E-state index is 0.465. The highest BCUT2D eigenvalue weighted by Crippen LogP contribution is 2.26. The molecule has 0 N–H and O–H groups in total. The molecule has 2 aromatic rings. The van der Waals surface area contributed by atoms with Gasteiger partial charge in [-0.25, -0.2) is 0 Å². The smallest absolute Gasteiger partial charge is 0.118 e. The topological polar surface area (TPSA) is 33.0 Å². The summed E-state index contributed by atoms with van der Waals surface area (Å²) in [5.74, 6) is 0.751. The number of allylic oxidation sites excluding steroid dienone is 1. The molecule has 0 heterocycles. The van der Waals surface area contributed by atoms with Crippen molar-refractivity contribution in [3.05, 3.63) is 63.6 Å². The first-order valence-corrected chi connectivity index (χ1v) is 6.61. The standard InChI is InChI=1S/C16H11Cl2NO/c1-20-14-5-3-12(4-6-14)13(10-19)8-11-2-7-15(17)16(18)9-11/h2-9H,1H3/b13-8-. The van der Waals surface area contributed by atoms with Crippen molar-refractivity contribution in [2.75, 3.05) is 7.11 Å². The second kappa shape index (κ2) is 6.47. The van der Waals surface area contributed by atoms with Gasteiger partial charge in [0.1, 0.15) is 5.75 Å². The molecule has 100 valence electrons. The molecule has 0 aliphatic heterocycles. The van der Waals surface area contributed by atoms with Gasteiger partial charge in [0.15, 0.2) is 0 Å². The SMILES string of the molecule is COc1ccc(/C(C#N)=C\c2ccc(Cl)c(Cl)c2)cc1. The average molecular weight is 304 g/mol. The van der Waals surface area contributed by atoms with Crippen molar-refractivity contribution in [1.82, 2.24) is 0 Å². The molecule has 0 amide bonds. The van der Waals surface area contributed by atoms with Crippen LogP contribution in [-0.4, -0.2) is 7.11 Å². The van der Waals surface area contributed by atoms with Crippen LogP contribution in [0.15, 0.2) is 42.5 Å². The Labute approximate surface area is 127 Å². The van der Waals surface area contributed by atoms with Gasteiger partial charge < -0.3 is 4.74 Å². The zero-order valence-corrected chi connectivity index (χ0v) is 12.2. The summed E-state index contributed by atoms with van der Waals surface area (Å²) in [7, 11) is 1.60. The maximum Gasteiger partial charge on any atom is 0.118 e. The minimum atomic E-state index is 0.465. The first-order chi connectivity index (χ1) is 9.63. The van der Waals surface area contributed by atoms with E-state index >= 15 is 0 Å². The quantitative estimate of drug-likeness (QED) is 0.586. The van der Waals surface area contributed by atoms with Gasteiger partial charge in [0, 0.05) is 0 Å². The molecule has 0 spiro atoms. The lowest BCUT2D eigenvalue weighted by Crippen LogP contribution is -1.85. The van der Waals surface area contributed by atoms with E-state index in [1.54, 1.807) is 25.3 Å². The lowest BCUT2D eigenvalue weighted by molar-refractivity contribution is 0.415. The summed E-state index contributed by atoms with van der Waals surface area (Å²) in [5.41, 5.74) is 2.19. The van der Waals surface area contributed by atoms with Crippen molar-refractivity contribution in [1.29, 1.82) is 5.26 Å². The van der Waals surface area contributed by atoms with Crippen LogP contribution in [-0.2, 0) is 0 Å². The number of nitrogens with zero attached hydrogens (tertiary/aromatic N) is 1. The minimum Gasteiger partial charge on any atom is -0.497 e. The summed E-state index contributed by atoms with van der Waals surface area (Å²) in [6.07, 6.45) is 1.77. The molecule has 2 aromatic carbocycles. The van der Waals surface area contributed by atoms with E-state index in [1.165, 1.54) is 0 Å². The number of rotatable bonds is 3. The van der Waals surface area contributed by atoms with Crippen molar-refractivity contribution in [2.24, 2.45) is 0 Å². The predicted octanol–water partition coefficient (Wildman–Crippen LogP) is 5.07. The van der Waals surface area contributed by atoms with Crippen LogP contribution in [0, 0.1) is 11.3 Å². The molecule has 0 aromatic heterocycles. The molecule has 0 unspecified atom stereocenters. The molecule has 0 saturated heterocycles. The molecule has 20 heavy (non-hydrogen) atoms. The fraction of sp³-hybridized carbons (Fsp3) is 0.0625. The van der Waals surface area contributed by atoms with Crippen LogP contribution in [0.1, 0.15) is 11.1 Å². The third kappa shape index (κ3) is 3.33. The van der Waals surface area contributed by atoms with Crippen molar-refractivity contribution in [3.63, 3.8) is 0 Å². The summed E-state index contributed by atoms with van der Waals surface area (Å²) in [5, 5.41) is 10.2. The van der Waals surface area contributed by atoms with Crippen LogP contribution in [0.2, 0.25) is 10.0 Å². The molecular formula is C16H11Cl2NO. The molecule has 0 saturated carbocycles. The Bertz CT molecular complexity index is 685. The van der Waals surface area contributed by atoms with Crippen LogP contribution in [0.25, 0.3) is 11.6 Å². The molecule has 0 atom stereocenters. The molecule has 0 aliphatic rings. The van der Waals surface area contributed by atoms with Crippen molar-refractivity contribution in [2.45, 2.75) is 0 Å². The Hall–Kier alpha value is -1.95. The monoisotopic (exact) mass is 303 g/mol. The van der Waals surface area contributed by atoms with Crippen molar-refractivity contribution < 1.29 is 4.74 Å². The Balaban J connectivity index is 2.37. The van der Waals surface area contributed by atoms with Gasteiger partial charge in [0.05, 0.1) is 28.8 Å². The first kappa shape index (κ1) is 14.5. The Morgan fingerprint density at radius 3 is 2.35 bits per heavy atom. The fourth-order valence-electron chi connectivity index (χ4n) is 1.72. The van der Waals surface area contributed by atoms with E-state index in [2.05, 4.69) is 6.07 Å². The van der Waals surface area contributed by atoms with Crippen LogP contribution in [0.3, 0.4) is 0 Å². The molecule has 4 heteroatoms. The summed E-state index contributed by atoms with van der Waals surface area (Å²) in [4.78, 5) is 0.